The van der Waals surface area contributed by atoms with Crippen LogP contribution in [-0.4, -0.2) is 22.6 Å². The molecule has 0 bridgehead atoms. The number of nitrogens with zero attached hydrogens (tertiary/aromatic N) is 1. The first-order valence-corrected chi connectivity index (χ1v) is 6.10. The molecule has 22 heavy (non-hydrogen) atoms. The average molecular weight is 314 g/mol. The maximum absolute atomic E-state index is 13.2. The normalized spacial score (nSPS) is 12.0. The van der Waals surface area contributed by atoms with Crippen LogP contribution in [0.5, 0.6) is 0 Å². The summed E-state index contributed by atoms with van der Waals surface area (Å²) >= 11 is 0. The Bertz CT molecular complexity index is 686. The highest BCUT2D eigenvalue weighted by Gasteiger charge is 2.19. The van der Waals surface area contributed by atoms with E-state index in [1.54, 1.807) is 0 Å². The van der Waals surface area contributed by atoms with E-state index in [2.05, 4.69) is 10.3 Å². The lowest BCUT2D eigenvalue weighted by Crippen LogP contribution is -2.31. The number of nitrogens with one attached hydrogen (secondary N) is 1. The number of benzene rings is 1. The van der Waals surface area contributed by atoms with Gasteiger partial charge in [0.2, 0.25) is 5.95 Å². The third-order valence-corrected chi connectivity index (χ3v) is 2.89. The van der Waals surface area contributed by atoms with Crippen molar-refractivity contribution in [3.63, 3.8) is 0 Å². The van der Waals surface area contributed by atoms with E-state index in [0.717, 1.165) is 12.3 Å². The summed E-state index contributed by atoms with van der Waals surface area (Å²) in [6.45, 7) is -0.691. The van der Waals surface area contributed by atoms with Crippen molar-refractivity contribution in [3.05, 3.63) is 65.0 Å². The third kappa shape index (κ3) is 3.40. The van der Waals surface area contributed by atoms with Crippen LogP contribution in [0.4, 0.5) is 17.6 Å². The first-order valence-electron chi connectivity index (χ1n) is 6.10. The van der Waals surface area contributed by atoms with Crippen molar-refractivity contribution < 1.29 is 27.5 Å². The van der Waals surface area contributed by atoms with Crippen molar-refractivity contribution in [1.82, 2.24) is 10.3 Å². The highest BCUT2D eigenvalue weighted by molar-refractivity contribution is 5.94. The SMILES string of the molecule is O=C(NC(CO)c1cc(F)c(F)c(F)c1)c1ccnc(F)c1. The number of hydrogen-bond donors (Lipinski definition) is 2. The number of amides is 1. The van der Waals surface area contributed by atoms with Crippen LogP contribution in [0.15, 0.2) is 30.5 Å². The minimum atomic E-state index is -1.65. The number of halogens is 4. The van der Waals surface area contributed by atoms with Crippen LogP contribution in [0.3, 0.4) is 0 Å². The Hall–Kier alpha value is -2.48. The summed E-state index contributed by atoms with van der Waals surface area (Å²) in [5.74, 6) is -6.21. The van der Waals surface area contributed by atoms with Crippen molar-refractivity contribution in [3.8, 4) is 0 Å². The lowest BCUT2D eigenvalue weighted by molar-refractivity contribution is 0.0915. The Kier molecular flexibility index (Phi) is 4.71. The van der Waals surface area contributed by atoms with Crippen LogP contribution in [0.25, 0.3) is 0 Å². The molecule has 8 heteroatoms. The maximum atomic E-state index is 13.2. The molecule has 0 aliphatic heterocycles. The van der Waals surface area contributed by atoms with Gasteiger partial charge in [-0.05, 0) is 23.8 Å². The first kappa shape index (κ1) is 15.9. The third-order valence-electron chi connectivity index (χ3n) is 2.89. The topological polar surface area (TPSA) is 62.2 Å². The summed E-state index contributed by atoms with van der Waals surface area (Å²) in [5, 5.41) is 11.5. The average Bonchev–Trinajstić information content (AvgIpc) is 2.49. The molecular formula is C14H10F4N2O2. The monoisotopic (exact) mass is 314 g/mol. The van der Waals surface area contributed by atoms with Gasteiger partial charge >= 0.3 is 0 Å². The highest BCUT2D eigenvalue weighted by atomic mass is 19.2. The van der Waals surface area contributed by atoms with Crippen LogP contribution >= 0.6 is 0 Å². The Labute approximate surface area is 122 Å². The number of rotatable bonds is 4. The predicted molar refractivity (Wildman–Crippen MR) is 67.8 cm³/mol. The fourth-order valence-electron chi connectivity index (χ4n) is 1.80. The Morgan fingerprint density at radius 2 is 1.82 bits per heavy atom. The summed E-state index contributed by atoms with van der Waals surface area (Å²) in [6, 6.07) is 2.21. The molecule has 0 spiro atoms. The molecule has 0 aliphatic rings. The quantitative estimate of drug-likeness (QED) is 0.516. The fraction of sp³-hybridized carbons (Fsp3) is 0.143. The van der Waals surface area contributed by atoms with Crippen molar-refractivity contribution in [2.24, 2.45) is 0 Å². The summed E-state index contributed by atoms with van der Waals surface area (Å²) in [6.07, 6.45) is 1.06. The second kappa shape index (κ2) is 6.52. The van der Waals surface area contributed by atoms with Crippen LogP contribution in [0, 0.1) is 23.4 Å². The number of carbonyl (C=O) groups is 1. The van der Waals surface area contributed by atoms with E-state index in [1.165, 1.54) is 6.07 Å². The Balaban J connectivity index is 2.24. The minimum Gasteiger partial charge on any atom is -0.394 e. The molecule has 2 rings (SSSR count). The summed E-state index contributed by atoms with van der Waals surface area (Å²) in [4.78, 5) is 15.2. The van der Waals surface area contributed by atoms with E-state index in [1.807, 2.05) is 0 Å². The van der Waals surface area contributed by atoms with E-state index in [0.29, 0.717) is 12.1 Å². The lowest BCUT2D eigenvalue weighted by Gasteiger charge is -2.17. The molecule has 1 unspecified atom stereocenters. The fourth-order valence-corrected chi connectivity index (χ4v) is 1.80. The largest absolute Gasteiger partial charge is 0.394 e. The summed E-state index contributed by atoms with van der Waals surface area (Å²) < 4.78 is 52.2. The Morgan fingerprint density at radius 3 is 2.36 bits per heavy atom. The molecule has 2 N–H and O–H groups in total. The van der Waals surface area contributed by atoms with Crippen molar-refractivity contribution in [2.75, 3.05) is 6.61 Å². The number of pyridine rings is 1. The van der Waals surface area contributed by atoms with Gasteiger partial charge in [0.25, 0.3) is 5.91 Å². The molecular weight excluding hydrogens is 304 g/mol. The Morgan fingerprint density at radius 1 is 1.18 bits per heavy atom. The van der Waals surface area contributed by atoms with Gasteiger partial charge in [-0.2, -0.15) is 4.39 Å². The predicted octanol–water partition coefficient (Wildman–Crippen LogP) is 2.10. The maximum Gasteiger partial charge on any atom is 0.252 e. The number of aromatic nitrogens is 1. The van der Waals surface area contributed by atoms with Gasteiger partial charge in [-0.3, -0.25) is 4.79 Å². The van der Waals surface area contributed by atoms with Gasteiger partial charge < -0.3 is 10.4 Å². The number of aliphatic hydroxyl groups is 1. The number of hydrogen-bond acceptors (Lipinski definition) is 3. The zero-order valence-electron chi connectivity index (χ0n) is 11.0. The van der Waals surface area contributed by atoms with Gasteiger partial charge in [0.05, 0.1) is 12.6 Å². The molecule has 0 aliphatic carbocycles. The van der Waals surface area contributed by atoms with Gasteiger partial charge in [-0.25, -0.2) is 18.2 Å². The summed E-state index contributed by atoms with van der Waals surface area (Å²) in [5.41, 5.74) is -0.254. The van der Waals surface area contributed by atoms with Gasteiger partial charge in [-0.15, -0.1) is 0 Å². The molecule has 2 aromatic rings. The van der Waals surface area contributed by atoms with Crippen molar-refractivity contribution in [2.45, 2.75) is 6.04 Å². The standard InChI is InChI=1S/C14H10F4N2O2/c15-9-3-8(4-10(16)13(9)18)11(6-21)20-14(22)7-1-2-19-12(17)5-7/h1-5,11,21H,6H2,(H,20,22). The van der Waals surface area contributed by atoms with Crippen LogP contribution in [0.1, 0.15) is 22.0 Å². The highest BCUT2D eigenvalue weighted by Crippen LogP contribution is 2.19. The van der Waals surface area contributed by atoms with Gasteiger partial charge in [0, 0.05) is 17.8 Å². The van der Waals surface area contributed by atoms with E-state index in [4.69, 9.17) is 0 Å². The molecule has 4 nitrogen and oxygen atoms in total. The molecule has 116 valence electrons. The van der Waals surface area contributed by atoms with Crippen molar-refractivity contribution >= 4 is 5.91 Å². The zero-order valence-corrected chi connectivity index (χ0v) is 11.0. The van der Waals surface area contributed by atoms with Crippen LogP contribution < -0.4 is 5.32 Å². The molecule has 0 radical (unpaired) electrons. The van der Waals surface area contributed by atoms with E-state index >= 15 is 0 Å². The molecule has 1 heterocycles. The summed E-state index contributed by atoms with van der Waals surface area (Å²) in [7, 11) is 0. The van der Waals surface area contributed by atoms with E-state index in [9.17, 15) is 27.5 Å². The molecule has 1 amide bonds. The molecule has 0 saturated heterocycles. The first-order chi connectivity index (χ1) is 10.4. The molecule has 0 fully saturated rings. The second-order valence-corrected chi connectivity index (χ2v) is 4.37. The molecule has 1 atom stereocenters. The second-order valence-electron chi connectivity index (χ2n) is 4.37. The van der Waals surface area contributed by atoms with Gasteiger partial charge in [-0.1, -0.05) is 0 Å². The molecule has 1 aromatic heterocycles. The number of carbonyl (C=O) groups excluding carboxylic acids is 1. The molecule has 0 saturated carbocycles. The van der Waals surface area contributed by atoms with Gasteiger partial charge in [0.15, 0.2) is 17.5 Å². The van der Waals surface area contributed by atoms with Crippen LogP contribution in [0.2, 0.25) is 0 Å². The van der Waals surface area contributed by atoms with E-state index in [-0.39, 0.29) is 11.1 Å². The minimum absolute atomic E-state index is 0.0889. The van der Waals surface area contributed by atoms with Gasteiger partial charge in [0.1, 0.15) is 0 Å². The smallest absolute Gasteiger partial charge is 0.252 e. The number of aliphatic hydroxyl groups excluding tert-OH is 1. The zero-order chi connectivity index (χ0) is 16.3. The van der Waals surface area contributed by atoms with Crippen LogP contribution in [-0.2, 0) is 0 Å². The van der Waals surface area contributed by atoms with E-state index < -0.39 is 42.0 Å². The van der Waals surface area contributed by atoms with Crippen molar-refractivity contribution in [1.29, 1.82) is 0 Å². The molecule has 1 aromatic carbocycles. The lowest BCUT2D eigenvalue weighted by atomic mass is 10.1.